The number of benzene rings is 1. The molecule has 1 aromatic rings. The van der Waals surface area contributed by atoms with Gasteiger partial charge in [-0.1, -0.05) is 22.5 Å². The third kappa shape index (κ3) is 2.54. The molecule has 0 fully saturated rings. The molecule has 0 radical (unpaired) electrons. The molecule has 0 aliphatic carbocycles. The average Bonchev–Trinajstić information content (AvgIpc) is 2.71. The van der Waals surface area contributed by atoms with Crippen molar-refractivity contribution in [2.75, 3.05) is 7.11 Å². The Labute approximate surface area is 108 Å². The first kappa shape index (κ1) is 12.6. The molecule has 18 heavy (non-hydrogen) atoms. The van der Waals surface area contributed by atoms with Gasteiger partial charge < -0.3 is 9.47 Å². The summed E-state index contributed by atoms with van der Waals surface area (Å²) in [4.78, 5) is 12.0. The van der Waals surface area contributed by atoms with Gasteiger partial charge in [0.25, 0.3) is 5.59 Å². The van der Waals surface area contributed by atoms with E-state index in [0.717, 1.165) is 5.75 Å². The van der Waals surface area contributed by atoms with Gasteiger partial charge in [-0.05, 0) is 38.1 Å². The van der Waals surface area contributed by atoms with Gasteiger partial charge in [-0.2, -0.15) is 0 Å². The number of carbonyl (C=O) groups excluding carboxylic acids is 1. The lowest BCUT2D eigenvalue weighted by Gasteiger charge is -2.09. The smallest absolute Gasteiger partial charge is 0.282 e. The fourth-order valence-corrected chi connectivity index (χ4v) is 3.97. The standard InChI is InChI=1S/C14H16O3Si/c1-10-8-9-18(11(10)2)14(15)17-13-6-4-12(16-3)5-7-13/h4-9,18H,1-3H3. The summed E-state index contributed by atoms with van der Waals surface area (Å²) in [7, 11) is -0.104. The SMILES string of the molecule is COc1ccc(OC(=O)[SiH]2C=CC(C)=C2C)cc1. The topological polar surface area (TPSA) is 35.5 Å². The minimum absolute atomic E-state index is 0.106. The number of carbonyl (C=O) groups is 1. The van der Waals surface area contributed by atoms with Crippen molar-refractivity contribution >= 4 is 14.4 Å². The van der Waals surface area contributed by atoms with Crippen molar-refractivity contribution in [3.8, 4) is 11.5 Å². The van der Waals surface area contributed by atoms with Crippen molar-refractivity contribution < 1.29 is 14.3 Å². The van der Waals surface area contributed by atoms with Crippen molar-refractivity contribution in [2.24, 2.45) is 0 Å². The molecule has 4 heteroatoms. The van der Waals surface area contributed by atoms with Gasteiger partial charge >= 0.3 is 0 Å². The summed E-state index contributed by atoms with van der Waals surface area (Å²) in [6.07, 6.45) is 2.02. The molecule has 94 valence electrons. The first-order chi connectivity index (χ1) is 8.61. The number of allylic oxidation sites excluding steroid dienone is 3. The second kappa shape index (κ2) is 5.22. The molecule has 0 bridgehead atoms. The molecule has 1 unspecified atom stereocenters. The molecular formula is C14H16O3Si. The highest BCUT2D eigenvalue weighted by atomic mass is 28.3. The minimum Gasteiger partial charge on any atom is -0.497 e. The fraction of sp³-hybridized carbons (Fsp3) is 0.214. The van der Waals surface area contributed by atoms with E-state index in [1.807, 2.05) is 25.6 Å². The maximum atomic E-state index is 12.0. The van der Waals surface area contributed by atoms with E-state index < -0.39 is 8.80 Å². The summed E-state index contributed by atoms with van der Waals surface area (Å²) in [6.45, 7) is 4.04. The number of hydrogen-bond acceptors (Lipinski definition) is 3. The Hall–Kier alpha value is -1.81. The molecule has 1 aromatic carbocycles. The average molecular weight is 260 g/mol. The molecule has 1 aliphatic heterocycles. The van der Waals surface area contributed by atoms with Gasteiger partial charge in [0.15, 0.2) is 0 Å². The first-order valence-corrected chi connectivity index (χ1v) is 7.65. The second-order valence-corrected chi connectivity index (χ2v) is 6.98. The van der Waals surface area contributed by atoms with Crippen LogP contribution >= 0.6 is 0 Å². The predicted octanol–water partition coefficient (Wildman–Crippen LogP) is 2.99. The van der Waals surface area contributed by atoms with Crippen LogP contribution in [0.2, 0.25) is 0 Å². The van der Waals surface area contributed by atoms with Crippen LogP contribution < -0.4 is 9.47 Å². The molecule has 0 saturated carbocycles. The van der Waals surface area contributed by atoms with Crippen molar-refractivity contribution in [1.82, 2.24) is 0 Å². The zero-order valence-corrected chi connectivity index (χ0v) is 11.9. The minimum atomic E-state index is -1.71. The van der Waals surface area contributed by atoms with E-state index in [4.69, 9.17) is 9.47 Å². The van der Waals surface area contributed by atoms with Crippen molar-refractivity contribution in [1.29, 1.82) is 0 Å². The Morgan fingerprint density at radius 3 is 2.22 bits per heavy atom. The molecule has 0 amide bonds. The largest absolute Gasteiger partial charge is 0.497 e. The van der Waals surface area contributed by atoms with Gasteiger partial charge in [0.2, 0.25) is 8.80 Å². The maximum absolute atomic E-state index is 12.0. The number of hydrogen-bond donors (Lipinski definition) is 0. The molecule has 2 rings (SSSR count). The van der Waals surface area contributed by atoms with Gasteiger partial charge in [-0.3, -0.25) is 4.79 Å². The zero-order valence-electron chi connectivity index (χ0n) is 10.8. The van der Waals surface area contributed by atoms with E-state index in [-0.39, 0.29) is 5.59 Å². The number of rotatable bonds is 3. The molecule has 1 aliphatic rings. The molecule has 0 aromatic heterocycles. The lowest BCUT2D eigenvalue weighted by atomic mass is 10.3. The zero-order chi connectivity index (χ0) is 13.1. The maximum Gasteiger partial charge on any atom is 0.282 e. The Balaban J connectivity index is 2.06. The Morgan fingerprint density at radius 2 is 1.72 bits per heavy atom. The Morgan fingerprint density at radius 1 is 1.11 bits per heavy atom. The summed E-state index contributed by atoms with van der Waals surface area (Å²) in [6, 6.07) is 7.05. The molecule has 3 nitrogen and oxygen atoms in total. The van der Waals surface area contributed by atoms with Gasteiger partial charge in [-0.25, -0.2) is 0 Å². The number of methoxy groups -OCH3 is 1. The van der Waals surface area contributed by atoms with E-state index in [0.29, 0.717) is 5.75 Å². The van der Waals surface area contributed by atoms with Crippen LogP contribution in [0.15, 0.2) is 46.8 Å². The summed E-state index contributed by atoms with van der Waals surface area (Å²) < 4.78 is 10.5. The normalized spacial score (nSPS) is 18.1. The lowest BCUT2D eigenvalue weighted by molar-refractivity contribution is 0.224. The van der Waals surface area contributed by atoms with E-state index >= 15 is 0 Å². The van der Waals surface area contributed by atoms with Gasteiger partial charge in [-0.15, -0.1) is 0 Å². The highest BCUT2D eigenvalue weighted by molar-refractivity contribution is 6.98. The van der Waals surface area contributed by atoms with Crippen molar-refractivity contribution in [3.63, 3.8) is 0 Å². The van der Waals surface area contributed by atoms with Crippen LogP contribution in [-0.4, -0.2) is 21.5 Å². The summed E-state index contributed by atoms with van der Waals surface area (Å²) in [5.74, 6) is 1.32. The van der Waals surface area contributed by atoms with E-state index in [2.05, 4.69) is 0 Å². The highest BCUT2D eigenvalue weighted by Gasteiger charge is 2.26. The molecule has 0 spiro atoms. The van der Waals surface area contributed by atoms with Gasteiger partial charge in [0.05, 0.1) is 7.11 Å². The second-order valence-electron chi connectivity index (χ2n) is 4.30. The van der Waals surface area contributed by atoms with Crippen molar-refractivity contribution in [2.45, 2.75) is 13.8 Å². The monoisotopic (exact) mass is 260 g/mol. The van der Waals surface area contributed by atoms with Gasteiger partial charge in [0, 0.05) is 0 Å². The highest BCUT2D eigenvalue weighted by Crippen LogP contribution is 2.21. The van der Waals surface area contributed by atoms with Crippen LogP contribution in [0.4, 0.5) is 4.79 Å². The fourth-order valence-electron chi connectivity index (χ4n) is 1.84. The molecular weight excluding hydrogens is 244 g/mol. The van der Waals surface area contributed by atoms with Gasteiger partial charge in [0.1, 0.15) is 11.5 Å². The van der Waals surface area contributed by atoms with Crippen LogP contribution in [0.3, 0.4) is 0 Å². The summed E-state index contributed by atoms with van der Waals surface area (Å²) in [5, 5.41) is 1.19. The molecule has 1 heterocycles. The summed E-state index contributed by atoms with van der Waals surface area (Å²) in [5.41, 5.74) is 3.10. The quantitative estimate of drug-likeness (QED) is 0.784. The van der Waals surface area contributed by atoms with Crippen LogP contribution in [0.5, 0.6) is 11.5 Å². The molecule has 0 saturated heterocycles. The Bertz CT molecular complexity index is 514. The van der Waals surface area contributed by atoms with E-state index in [1.54, 1.807) is 31.4 Å². The Kier molecular flexibility index (Phi) is 3.67. The van der Waals surface area contributed by atoms with E-state index in [1.165, 1.54) is 10.8 Å². The number of ether oxygens (including phenoxy) is 2. The third-order valence-electron chi connectivity index (χ3n) is 3.16. The lowest BCUT2D eigenvalue weighted by Crippen LogP contribution is -2.27. The summed E-state index contributed by atoms with van der Waals surface area (Å²) >= 11 is 0. The third-order valence-corrected chi connectivity index (χ3v) is 5.75. The van der Waals surface area contributed by atoms with Crippen LogP contribution in [0.25, 0.3) is 0 Å². The van der Waals surface area contributed by atoms with Crippen LogP contribution in [-0.2, 0) is 0 Å². The van der Waals surface area contributed by atoms with Crippen LogP contribution in [0.1, 0.15) is 13.8 Å². The first-order valence-electron chi connectivity index (χ1n) is 5.83. The van der Waals surface area contributed by atoms with Crippen molar-refractivity contribution in [3.05, 3.63) is 46.8 Å². The molecule has 1 atom stereocenters. The predicted molar refractivity (Wildman–Crippen MR) is 73.7 cm³/mol. The van der Waals surface area contributed by atoms with Crippen LogP contribution in [0, 0.1) is 0 Å². The molecule has 0 N–H and O–H groups in total. The van der Waals surface area contributed by atoms with E-state index in [9.17, 15) is 4.79 Å².